The largest absolute Gasteiger partial charge is 0.313 e. The smallest absolute Gasteiger partial charge is 0.257 e. The predicted molar refractivity (Wildman–Crippen MR) is 228 cm³/mol. The molecular weight excluding hydrogens is 651 g/mol. The Labute approximate surface area is 309 Å². The highest BCUT2D eigenvalue weighted by molar-refractivity contribution is 7.10. The van der Waals surface area contributed by atoms with Crippen LogP contribution in [-0.2, 0) is 0 Å². The van der Waals surface area contributed by atoms with Crippen molar-refractivity contribution in [2.24, 2.45) is 0 Å². The Kier molecular flexibility index (Phi) is 3.61. The number of fused-ring (bicyclic) bond motifs is 18. The quantitative estimate of drug-likeness (QED) is 0.218. The van der Waals surface area contributed by atoms with E-state index in [1.807, 2.05) is 0 Å². The van der Waals surface area contributed by atoms with E-state index in [2.05, 4.69) is 147 Å². The second-order valence-electron chi connectivity index (χ2n) is 16.6. The second-order valence-corrected chi connectivity index (χ2v) is 16.6. The molecule has 0 fully saturated rings. The molecule has 17 rings (SSSR count). The van der Waals surface area contributed by atoms with Crippen molar-refractivity contribution in [1.29, 1.82) is 0 Å². The van der Waals surface area contributed by atoms with Gasteiger partial charge in [-0.2, -0.15) is 0 Å². The van der Waals surface area contributed by atoms with Crippen LogP contribution in [-0.4, -0.2) is 29.3 Å². The highest BCUT2D eigenvalue weighted by Crippen LogP contribution is 2.53. The summed E-state index contributed by atoms with van der Waals surface area (Å²) in [6, 6.07) is 51.6. The molecule has 0 unspecified atom stereocenters. The third kappa shape index (κ3) is 2.20. The summed E-state index contributed by atoms with van der Waals surface area (Å²) < 4.78 is 5.33. The van der Waals surface area contributed by atoms with E-state index in [9.17, 15) is 0 Å². The van der Waals surface area contributed by atoms with Gasteiger partial charge in [-0.05, 0) is 84.8 Å². The minimum absolute atomic E-state index is 0.132. The molecule has 0 atom stereocenters. The summed E-state index contributed by atoms with van der Waals surface area (Å²) in [5, 5.41) is 5.58. The van der Waals surface area contributed by atoms with E-state index in [0.717, 1.165) is 0 Å². The number of anilines is 3. The summed E-state index contributed by atoms with van der Waals surface area (Å²) in [6.07, 6.45) is 0. The van der Waals surface area contributed by atoms with E-state index in [-0.39, 0.29) is 20.1 Å². The van der Waals surface area contributed by atoms with Gasteiger partial charge in [-0.3, -0.25) is 0 Å². The summed E-state index contributed by atoms with van der Waals surface area (Å²) in [7, 11) is 0. The van der Waals surface area contributed by atoms with Gasteiger partial charge in [0.25, 0.3) is 6.71 Å². The molecule has 6 heteroatoms. The van der Waals surface area contributed by atoms with Gasteiger partial charge in [-0.1, -0.05) is 120 Å². The number of hydrogen-bond acceptors (Lipinski definition) is 1. The molecule has 0 N–H and O–H groups in total. The maximum absolute atomic E-state index is 2.83. The summed E-state index contributed by atoms with van der Waals surface area (Å²) >= 11 is 0. The highest BCUT2D eigenvalue weighted by atomic mass is 15.2. The van der Waals surface area contributed by atoms with Crippen LogP contribution in [0, 0.1) is 0 Å². The van der Waals surface area contributed by atoms with Crippen LogP contribution >= 0.6 is 0 Å². The molecule has 9 heterocycles. The van der Waals surface area contributed by atoms with Crippen molar-refractivity contribution in [3.05, 3.63) is 133 Å². The molecule has 2 aromatic heterocycles. The Bertz CT molecular complexity index is 3430. The first-order valence-corrected chi connectivity index (χ1v) is 19.4. The van der Waals surface area contributed by atoms with E-state index < -0.39 is 0 Å². The zero-order chi connectivity index (χ0) is 34.0. The zero-order valence-corrected chi connectivity index (χ0v) is 28.8. The van der Waals surface area contributed by atoms with Crippen LogP contribution < -0.4 is 54.1 Å². The van der Waals surface area contributed by atoms with Crippen LogP contribution in [0.1, 0.15) is 0 Å². The molecule has 0 saturated heterocycles. The lowest BCUT2D eigenvalue weighted by Crippen LogP contribution is -2.71. The molecule has 7 aliphatic heterocycles. The minimum Gasteiger partial charge on any atom is -0.313 e. The molecule has 3 nitrogen and oxygen atoms in total. The highest BCUT2D eigenvalue weighted by Gasteiger charge is 2.58. The van der Waals surface area contributed by atoms with Crippen molar-refractivity contribution < 1.29 is 0 Å². The number of benzene rings is 8. The van der Waals surface area contributed by atoms with E-state index in [4.69, 9.17) is 0 Å². The molecule has 0 spiro atoms. The molecule has 238 valence electrons. The first kappa shape index (κ1) is 25.4. The van der Waals surface area contributed by atoms with E-state index in [1.54, 1.807) is 0 Å². The van der Waals surface area contributed by atoms with Crippen LogP contribution in [0.3, 0.4) is 0 Å². The first-order chi connectivity index (χ1) is 26.9. The van der Waals surface area contributed by atoms with Gasteiger partial charge in [0.2, 0.25) is 13.4 Å². The predicted octanol–water partition coefficient (Wildman–Crippen LogP) is 4.43. The van der Waals surface area contributed by atoms with Crippen molar-refractivity contribution in [2.45, 2.75) is 0 Å². The van der Waals surface area contributed by atoms with Gasteiger partial charge in [0, 0.05) is 50.0 Å². The molecule has 0 bridgehead atoms. The maximum Gasteiger partial charge on any atom is 0.257 e. The summed E-state index contributed by atoms with van der Waals surface area (Å²) in [5.41, 5.74) is 31.5. The van der Waals surface area contributed by atoms with Gasteiger partial charge in [0.1, 0.15) is 0 Å². The number of rotatable bonds is 0. The maximum atomic E-state index is 2.83. The molecule has 0 amide bonds. The van der Waals surface area contributed by atoms with Crippen molar-refractivity contribution >= 4 is 130 Å². The summed E-state index contributed by atoms with van der Waals surface area (Å²) in [5.74, 6) is 0. The molecule has 10 aromatic rings. The number of hydrogen-bond donors (Lipinski definition) is 0. The number of aromatic nitrogens is 2. The molecule has 54 heavy (non-hydrogen) atoms. The molecule has 8 aromatic carbocycles. The van der Waals surface area contributed by atoms with Crippen LogP contribution in [0.2, 0.25) is 0 Å². The summed E-state index contributed by atoms with van der Waals surface area (Å²) in [6.45, 7) is 0.511. The molecular formula is C48H22B3N3. The standard InChI is InChI=1S/C48H22B3N3/c1-5-15-27-23(11-1)35-37-25-13-3-7-19-31(25)52-33-21-10-22-34-39(33)51-42(45(37)52)47-40(35)49(27)29-17-9-18-30-44(29)54(47)48-41-36(24-12-2-6-16-28(24)50(30)41)38-26-14-4-8-20-32(26)53(34)46(38)43(48)51/h1-22H. The Morgan fingerprint density at radius 3 is 1.37 bits per heavy atom. The SMILES string of the molecule is c1ccc2c(c1)B1c3cccc4c3N3c5c1c-2c1c2ccccc2n2c1c5B1c5c-2cccc5-n2c5ccccc5c5c6c(c3c1c52)B4c1ccccc1-6. The average molecular weight is 673 g/mol. The zero-order valence-electron chi connectivity index (χ0n) is 28.8. The fraction of sp³-hybridized carbons (Fsp3) is 0. The lowest BCUT2D eigenvalue weighted by atomic mass is 9.26. The lowest BCUT2D eigenvalue weighted by Gasteiger charge is -2.50. The number of para-hydroxylation sites is 3. The van der Waals surface area contributed by atoms with Gasteiger partial charge in [-0.15, -0.1) is 0 Å². The van der Waals surface area contributed by atoms with Crippen LogP contribution in [0.15, 0.2) is 133 Å². The third-order valence-corrected chi connectivity index (χ3v) is 14.8. The Morgan fingerprint density at radius 2 is 0.815 bits per heavy atom. The Balaban J connectivity index is 1.24. The van der Waals surface area contributed by atoms with Crippen molar-refractivity contribution in [2.75, 3.05) is 4.90 Å². The van der Waals surface area contributed by atoms with Crippen LogP contribution in [0.4, 0.5) is 17.1 Å². The molecule has 0 aliphatic carbocycles. The Morgan fingerprint density at radius 1 is 0.352 bits per heavy atom. The van der Waals surface area contributed by atoms with Gasteiger partial charge >= 0.3 is 0 Å². The first-order valence-electron chi connectivity index (χ1n) is 19.4. The average Bonchev–Trinajstić information content (AvgIpc) is 3.96. The number of nitrogens with zero attached hydrogens (tertiary/aromatic N) is 3. The second kappa shape index (κ2) is 7.69. The van der Waals surface area contributed by atoms with Crippen LogP contribution in [0.5, 0.6) is 0 Å². The normalized spacial score (nSPS) is 15.3. The molecule has 0 radical (unpaired) electrons. The lowest BCUT2D eigenvalue weighted by molar-refractivity contribution is 1.14. The topological polar surface area (TPSA) is 13.1 Å². The summed E-state index contributed by atoms with van der Waals surface area (Å²) in [4.78, 5) is 2.83. The molecule has 0 saturated carbocycles. The Hall–Kier alpha value is -6.65. The van der Waals surface area contributed by atoms with E-state index in [0.29, 0.717) is 0 Å². The third-order valence-electron chi connectivity index (χ3n) is 14.8. The van der Waals surface area contributed by atoms with Crippen molar-refractivity contribution in [3.8, 4) is 33.6 Å². The van der Waals surface area contributed by atoms with E-state index in [1.165, 1.54) is 143 Å². The van der Waals surface area contributed by atoms with Crippen molar-refractivity contribution in [3.63, 3.8) is 0 Å². The minimum atomic E-state index is 0.132. The van der Waals surface area contributed by atoms with E-state index >= 15 is 0 Å². The van der Waals surface area contributed by atoms with Gasteiger partial charge in [0.15, 0.2) is 0 Å². The monoisotopic (exact) mass is 673 g/mol. The molecule has 7 aliphatic rings. The van der Waals surface area contributed by atoms with Gasteiger partial charge in [0.05, 0.1) is 22.1 Å². The van der Waals surface area contributed by atoms with Gasteiger partial charge in [-0.25, -0.2) is 0 Å². The fourth-order valence-electron chi connectivity index (χ4n) is 13.4. The van der Waals surface area contributed by atoms with Gasteiger partial charge < -0.3 is 14.0 Å². The fourth-order valence-corrected chi connectivity index (χ4v) is 13.4. The van der Waals surface area contributed by atoms with Crippen molar-refractivity contribution in [1.82, 2.24) is 9.13 Å². The van der Waals surface area contributed by atoms with Crippen LogP contribution in [0.25, 0.3) is 77.2 Å².